The van der Waals surface area contributed by atoms with Crippen LogP contribution in [-0.4, -0.2) is 45.7 Å². The Balaban J connectivity index is 0.000000422. The van der Waals surface area contributed by atoms with Gasteiger partial charge in [0.1, 0.15) is 16.4 Å². The largest absolute Gasteiger partial charge is 1.00 e. The van der Waals surface area contributed by atoms with Gasteiger partial charge in [-0.15, -0.1) is 0 Å². The number of nitrogens with zero attached hydrogens (tertiary/aromatic N) is 2. The maximum Gasteiger partial charge on any atom is 1.00 e. The number of phenols is 2. The first kappa shape index (κ1) is 39.2. The second kappa shape index (κ2) is 15.0. The molecule has 0 saturated heterocycles. The van der Waals surface area contributed by atoms with Crippen molar-refractivity contribution in [3.8, 4) is 11.5 Å². The van der Waals surface area contributed by atoms with E-state index in [0.29, 0.717) is 12.1 Å². The summed E-state index contributed by atoms with van der Waals surface area (Å²) in [7, 11) is -8.83. The minimum atomic E-state index is -4.99. The van der Waals surface area contributed by atoms with E-state index >= 15 is 0 Å². The van der Waals surface area contributed by atoms with Gasteiger partial charge < -0.3 is 35.3 Å². The Labute approximate surface area is 290 Å². The van der Waals surface area contributed by atoms with Crippen molar-refractivity contribution < 1.29 is 119 Å². The maximum atomic E-state index is 12.8. The SMILES string of the molecule is NS(=O)(=O)c1cc2c(cc1C(F)(F)F)NCNS2(=O)=O.O=C([O-])c1cc(/N=N/c2ccc(O)c(C(=O)[O-])c2)ccc1O.[Na+].[Na+]. The fourth-order valence-corrected chi connectivity index (χ4v) is 5.25. The third kappa shape index (κ3) is 9.60. The van der Waals surface area contributed by atoms with Crippen molar-refractivity contribution in [2.75, 3.05) is 12.0 Å². The smallest absolute Gasteiger partial charge is 0.545 e. The molecule has 224 valence electrons. The molecular formula is C22H16F3N5Na2O10S2. The van der Waals surface area contributed by atoms with E-state index in [1.165, 1.54) is 12.1 Å². The molecule has 3 aromatic rings. The summed E-state index contributed by atoms with van der Waals surface area (Å²) in [5, 5.41) is 54.7. The molecule has 22 heteroatoms. The number of nitrogens with one attached hydrogen (secondary N) is 2. The van der Waals surface area contributed by atoms with Crippen LogP contribution in [0.15, 0.2) is 68.6 Å². The number of aromatic carboxylic acids is 2. The van der Waals surface area contributed by atoms with Gasteiger partial charge in [-0.3, -0.25) is 0 Å². The number of primary sulfonamides is 1. The summed E-state index contributed by atoms with van der Waals surface area (Å²) in [6, 6.07) is 7.75. The molecule has 3 aromatic carbocycles. The van der Waals surface area contributed by atoms with E-state index in [1.54, 1.807) is 0 Å². The molecule has 0 amide bonds. The normalized spacial score (nSPS) is 13.6. The summed E-state index contributed by atoms with van der Waals surface area (Å²) in [6.07, 6.45) is -4.99. The average molecular weight is 678 g/mol. The van der Waals surface area contributed by atoms with Gasteiger partial charge >= 0.3 is 65.3 Å². The number of carboxylic acids is 2. The van der Waals surface area contributed by atoms with Crippen LogP contribution in [-0.2, 0) is 26.2 Å². The summed E-state index contributed by atoms with van der Waals surface area (Å²) in [5.74, 6) is -4.08. The summed E-state index contributed by atoms with van der Waals surface area (Å²) in [4.78, 5) is 19.6. The van der Waals surface area contributed by atoms with Crippen LogP contribution >= 0.6 is 0 Å². The van der Waals surface area contributed by atoms with Gasteiger partial charge in [-0.05, 0) is 48.5 Å². The van der Waals surface area contributed by atoms with Crippen molar-refractivity contribution in [2.45, 2.75) is 16.0 Å². The number of hydrogen-bond donors (Lipinski definition) is 5. The van der Waals surface area contributed by atoms with Crippen LogP contribution in [0.2, 0.25) is 0 Å². The summed E-state index contributed by atoms with van der Waals surface area (Å²) < 4.78 is 86.3. The molecule has 0 aliphatic carbocycles. The molecule has 0 aromatic heterocycles. The van der Waals surface area contributed by atoms with Crippen LogP contribution in [0.1, 0.15) is 26.3 Å². The second-order valence-corrected chi connectivity index (χ2v) is 11.3. The molecule has 0 atom stereocenters. The number of anilines is 1. The fraction of sp³-hybridized carbons (Fsp3) is 0.0909. The van der Waals surface area contributed by atoms with Crippen LogP contribution in [0.5, 0.6) is 11.5 Å². The Kier molecular flexibility index (Phi) is 13.4. The van der Waals surface area contributed by atoms with Crippen molar-refractivity contribution in [1.29, 1.82) is 0 Å². The fourth-order valence-electron chi connectivity index (χ4n) is 3.30. The standard InChI is InChI=1S/C14H10N2O6.C8H8F3N3O4S2.2Na/c17-11-3-1-7(5-9(11)13(19)20)15-16-8-2-4-12(18)10(6-8)14(21)22;9-8(10,11)4-1-5-7(2-6(4)19(12,15)16)20(17,18)14-3-13-5;;/h1-6,17-18H,(H,19,20)(H,21,22);1-2,13-14H,3H2,(H2,12,15,16);;/q;;2*+1/p-2/b16-15+;;;. The van der Waals surface area contributed by atoms with Crippen molar-refractivity contribution in [2.24, 2.45) is 15.4 Å². The molecule has 0 fully saturated rings. The van der Waals surface area contributed by atoms with E-state index < -0.39 is 76.1 Å². The third-order valence-electron chi connectivity index (χ3n) is 5.21. The number of sulfonamides is 2. The minimum absolute atomic E-state index is 0. The number of aromatic hydroxyl groups is 2. The van der Waals surface area contributed by atoms with Crippen LogP contribution in [0, 0.1) is 0 Å². The molecule has 44 heavy (non-hydrogen) atoms. The molecular weight excluding hydrogens is 661 g/mol. The predicted octanol–water partition coefficient (Wildman–Crippen LogP) is -5.74. The van der Waals surface area contributed by atoms with Gasteiger partial charge in [0.05, 0.1) is 46.1 Å². The van der Waals surface area contributed by atoms with Crippen LogP contribution < -0.4 is 84.5 Å². The van der Waals surface area contributed by atoms with E-state index in [-0.39, 0.29) is 82.8 Å². The van der Waals surface area contributed by atoms with E-state index in [0.717, 1.165) is 24.3 Å². The first-order valence-corrected chi connectivity index (χ1v) is 13.9. The zero-order chi connectivity index (χ0) is 31.6. The number of alkyl halides is 3. The molecule has 0 spiro atoms. The number of azo groups is 1. The van der Waals surface area contributed by atoms with E-state index in [2.05, 4.69) is 15.5 Å². The van der Waals surface area contributed by atoms with Gasteiger partial charge in [0.15, 0.2) is 0 Å². The number of carbonyl (C=O) groups excluding carboxylic acids is 2. The Bertz CT molecular complexity index is 1780. The minimum Gasteiger partial charge on any atom is -0.545 e. The Morgan fingerprint density at radius 1 is 0.886 bits per heavy atom. The van der Waals surface area contributed by atoms with Crippen LogP contribution in [0.25, 0.3) is 0 Å². The number of benzene rings is 3. The van der Waals surface area contributed by atoms with Crippen molar-refractivity contribution in [3.63, 3.8) is 0 Å². The molecule has 6 N–H and O–H groups in total. The molecule has 1 aliphatic rings. The first-order valence-electron chi connectivity index (χ1n) is 10.8. The number of hydrogen-bond acceptors (Lipinski definition) is 13. The number of carbonyl (C=O) groups is 2. The quantitative estimate of drug-likeness (QED) is 0.125. The molecule has 15 nitrogen and oxygen atoms in total. The molecule has 4 rings (SSSR count). The van der Waals surface area contributed by atoms with Gasteiger partial charge in [0.25, 0.3) is 0 Å². The Hall–Kier alpha value is -2.79. The zero-order valence-electron chi connectivity index (χ0n) is 22.4. The monoisotopic (exact) mass is 677 g/mol. The zero-order valence-corrected chi connectivity index (χ0v) is 28.0. The Morgan fingerprint density at radius 3 is 1.73 bits per heavy atom. The summed E-state index contributed by atoms with van der Waals surface area (Å²) in [6.45, 7) is -0.304. The molecule has 1 aliphatic heterocycles. The Morgan fingerprint density at radius 2 is 1.34 bits per heavy atom. The van der Waals surface area contributed by atoms with Gasteiger partial charge in [-0.25, -0.2) is 22.0 Å². The number of carboxylic acid groups (broad SMARTS) is 2. The molecule has 0 saturated carbocycles. The number of nitrogens with two attached hydrogens (primary N) is 1. The van der Waals surface area contributed by atoms with Crippen LogP contribution in [0.3, 0.4) is 0 Å². The summed E-state index contributed by atoms with van der Waals surface area (Å²) in [5.41, 5.74) is -2.54. The van der Waals surface area contributed by atoms with Crippen molar-refractivity contribution in [3.05, 3.63) is 65.2 Å². The molecule has 0 radical (unpaired) electrons. The number of fused-ring (bicyclic) bond motifs is 1. The average Bonchev–Trinajstić information content (AvgIpc) is 2.87. The van der Waals surface area contributed by atoms with Gasteiger partial charge in [-0.1, -0.05) is 0 Å². The van der Waals surface area contributed by atoms with Crippen molar-refractivity contribution >= 4 is 49.0 Å². The predicted molar refractivity (Wildman–Crippen MR) is 131 cm³/mol. The second-order valence-electron chi connectivity index (χ2n) is 8.07. The third-order valence-corrected chi connectivity index (χ3v) is 7.60. The van der Waals surface area contributed by atoms with E-state index in [9.17, 15) is 60.0 Å². The number of halogens is 3. The molecule has 0 bridgehead atoms. The first-order chi connectivity index (χ1) is 19.3. The van der Waals surface area contributed by atoms with E-state index in [4.69, 9.17) is 5.14 Å². The summed E-state index contributed by atoms with van der Waals surface area (Å²) >= 11 is 0. The van der Waals surface area contributed by atoms with Crippen LogP contribution in [0.4, 0.5) is 30.2 Å². The molecule has 1 heterocycles. The van der Waals surface area contributed by atoms with E-state index in [1.807, 2.05) is 4.72 Å². The topological polar surface area (TPSA) is 264 Å². The number of rotatable bonds is 5. The van der Waals surface area contributed by atoms with Gasteiger partial charge in [-0.2, -0.15) is 28.1 Å². The van der Waals surface area contributed by atoms with Crippen molar-refractivity contribution in [1.82, 2.24) is 4.72 Å². The molecule has 0 unspecified atom stereocenters. The van der Waals surface area contributed by atoms with Gasteiger partial charge in [0, 0.05) is 11.1 Å². The van der Waals surface area contributed by atoms with Gasteiger partial charge in [0.2, 0.25) is 20.0 Å². The maximum absolute atomic E-state index is 12.8.